The Bertz CT molecular complexity index is 347. The zero-order valence-electron chi connectivity index (χ0n) is 11.7. The number of hydrogen-bond acceptors (Lipinski definition) is 3. The quantitative estimate of drug-likeness (QED) is 0.798. The fourth-order valence-electron chi connectivity index (χ4n) is 2.58. The van der Waals surface area contributed by atoms with E-state index in [4.69, 9.17) is 4.74 Å². The molecule has 0 aromatic carbocycles. The summed E-state index contributed by atoms with van der Waals surface area (Å²) < 4.78 is 31.1. The summed E-state index contributed by atoms with van der Waals surface area (Å²) in [6.07, 6.45) is -0.510. The summed E-state index contributed by atoms with van der Waals surface area (Å²) in [7, 11) is 0. The van der Waals surface area contributed by atoms with Crippen molar-refractivity contribution in [3.05, 3.63) is 0 Å². The number of ether oxygens (including phenoxy) is 1. The van der Waals surface area contributed by atoms with Crippen LogP contribution in [0.15, 0.2) is 0 Å². The van der Waals surface area contributed by atoms with Crippen molar-refractivity contribution in [3.8, 4) is 0 Å². The van der Waals surface area contributed by atoms with Gasteiger partial charge in [0.15, 0.2) is 0 Å². The zero-order chi connectivity index (χ0) is 14.3. The summed E-state index contributed by atoms with van der Waals surface area (Å²) in [5, 5.41) is 3.22. The van der Waals surface area contributed by atoms with Crippen molar-refractivity contribution < 1.29 is 18.3 Å². The predicted octanol–water partition coefficient (Wildman–Crippen LogP) is 2.24. The molecule has 6 heteroatoms. The Morgan fingerprint density at radius 2 is 2.00 bits per heavy atom. The normalized spacial score (nSPS) is 27.8. The van der Waals surface area contributed by atoms with Gasteiger partial charge in [-0.1, -0.05) is 0 Å². The molecule has 1 heterocycles. The highest BCUT2D eigenvalue weighted by Gasteiger charge is 2.49. The van der Waals surface area contributed by atoms with Crippen LogP contribution in [-0.4, -0.2) is 48.2 Å². The van der Waals surface area contributed by atoms with Crippen LogP contribution in [0.25, 0.3) is 0 Å². The first kappa shape index (κ1) is 14.5. The number of alkyl halides is 2. The molecule has 0 bridgehead atoms. The van der Waals surface area contributed by atoms with Gasteiger partial charge in [-0.3, -0.25) is 0 Å². The van der Waals surface area contributed by atoms with Gasteiger partial charge in [0.2, 0.25) is 5.92 Å². The van der Waals surface area contributed by atoms with E-state index in [1.165, 1.54) is 0 Å². The average Bonchev–Trinajstić information content (AvgIpc) is 2.23. The van der Waals surface area contributed by atoms with E-state index < -0.39 is 11.5 Å². The van der Waals surface area contributed by atoms with E-state index in [0.29, 0.717) is 19.6 Å². The van der Waals surface area contributed by atoms with Crippen molar-refractivity contribution in [3.63, 3.8) is 0 Å². The van der Waals surface area contributed by atoms with Crippen LogP contribution in [0.1, 0.15) is 33.6 Å². The highest BCUT2D eigenvalue weighted by atomic mass is 19.3. The maximum atomic E-state index is 12.9. The molecule has 2 fully saturated rings. The molecule has 2 rings (SSSR count). The molecule has 2 aliphatic rings. The third kappa shape index (κ3) is 3.78. The highest BCUT2D eigenvalue weighted by Crippen LogP contribution is 2.44. The lowest BCUT2D eigenvalue weighted by molar-refractivity contribution is -0.122. The Balaban J connectivity index is 1.86. The average molecular weight is 276 g/mol. The van der Waals surface area contributed by atoms with Crippen LogP contribution < -0.4 is 5.32 Å². The second-order valence-corrected chi connectivity index (χ2v) is 6.51. The maximum absolute atomic E-state index is 12.9. The van der Waals surface area contributed by atoms with Crippen molar-refractivity contribution in [1.29, 1.82) is 0 Å². The van der Waals surface area contributed by atoms with Crippen molar-refractivity contribution in [2.45, 2.75) is 51.2 Å². The van der Waals surface area contributed by atoms with Gasteiger partial charge in [-0.2, -0.15) is 0 Å². The monoisotopic (exact) mass is 276 g/mol. The molecule has 1 atom stereocenters. The lowest BCUT2D eigenvalue weighted by atomic mass is 9.76. The first-order valence-corrected chi connectivity index (χ1v) is 6.75. The van der Waals surface area contributed by atoms with Crippen LogP contribution in [0.2, 0.25) is 0 Å². The van der Waals surface area contributed by atoms with E-state index in [1.807, 2.05) is 20.8 Å². The van der Waals surface area contributed by atoms with Crippen LogP contribution >= 0.6 is 0 Å². The first-order valence-electron chi connectivity index (χ1n) is 6.75. The first-order chi connectivity index (χ1) is 8.66. The molecule has 110 valence electrons. The third-order valence-electron chi connectivity index (χ3n) is 3.55. The molecule has 19 heavy (non-hydrogen) atoms. The topological polar surface area (TPSA) is 41.6 Å². The summed E-state index contributed by atoms with van der Waals surface area (Å²) in [5.74, 6) is -2.55. The molecule has 1 amide bonds. The molecule has 0 aromatic rings. The fourth-order valence-corrected chi connectivity index (χ4v) is 2.58. The van der Waals surface area contributed by atoms with Crippen LogP contribution in [-0.2, 0) is 4.74 Å². The van der Waals surface area contributed by atoms with Crippen LogP contribution in [0, 0.1) is 5.92 Å². The number of amides is 1. The molecule has 1 saturated carbocycles. The van der Waals surface area contributed by atoms with Gasteiger partial charge in [0.05, 0.1) is 0 Å². The molecule has 1 aliphatic carbocycles. The lowest BCUT2D eigenvalue weighted by Gasteiger charge is -2.44. The third-order valence-corrected chi connectivity index (χ3v) is 3.55. The molecule has 0 radical (unpaired) electrons. The number of piperazine rings is 1. The number of rotatable bonds is 1. The lowest BCUT2D eigenvalue weighted by Crippen LogP contribution is -2.59. The van der Waals surface area contributed by atoms with Crippen molar-refractivity contribution in [1.82, 2.24) is 10.2 Å². The molecular weight excluding hydrogens is 254 g/mol. The Hall–Kier alpha value is -0.910. The number of halogens is 2. The van der Waals surface area contributed by atoms with Gasteiger partial charge in [-0.15, -0.1) is 0 Å². The predicted molar refractivity (Wildman–Crippen MR) is 67.3 cm³/mol. The smallest absolute Gasteiger partial charge is 0.410 e. The van der Waals surface area contributed by atoms with Crippen molar-refractivity contribution >= 4 is 6.09 Å². The van der Waals surface area contributed by atoms with Gasteiger partial charge in [0.1, 0.15) is 5.60 Å². The van der Waals surface area contributed by atoms with Crippen LogP contribution in [0.4, 0.5) is 13.6 Å². The minimum atomic E-state index is -2.51. The molecular formula is C13H22F2N2O2. The Kier molecular flexibility index (Phi) is 3.73. The summed E-state index contributed by atoms with van der Waals surface area (Å²) in [6.45, 7) is 7.10. The Labute approximate surface area is 112 Å². The van der Waals surface area contributed by atoms with E-state index >= 15 is 0 Å². The van der Waals surface area contributed by atoms with Gasteiger partial charge >= 0.3 is 6.09 Å². The zero-order valence-corrected chi connectivity index (χ0v) is 11.7. The summed E-state index contributed by atoms with van der Waals surface area (Å²) >= 11 is 0. The Morgan fingerprint density at radius 3 is 2.53 bits per heavy atom. The van der Waals surface area contributed by atoms with E-state index in [2.05, 4.69) is 5.32 Å². The number of nitrogens with one attached hydrogen (secondary N) is 1. The number of nitrogens with zero attached hydrogens (tertiary/aromatic N) is 1. The number of carbonyl (C=O) groups excluding carboxylic acids is 1. The van der Waals surface area contributed by atoms with E-state index in [-0.39, 0.29) is 30.9 Å². The minimum Gasteiger partial charge on any atom is -0.444 e. The summed E-state index contributed by atoms with van der Waals surface area (Å²) in [4.78, 5) is 13.6. The van der Waals surface area contributed by atoms with E-state index in [0.717, 1.165) is 0 Å². The molecule has 0 aromatic heterocycles. The molecule has 4 nitrogen and oxygen atoms in total. The largest absolute Gasteiger partial charge is 0.444 e. The second-order valence-electron chi connectivity index (χ2n) is 6.51. The SMILES string of the molecule is CC(C)(C)OC(=O)N1CCNC(C2CC(F)(F)C2)C1. The summed E-state index contributed by atoms with van der Waals surface area (Å²) in [6, 6.07) is -0.0408. The van der Waals surface area contributed by atoms with E-state index in [1.54, 1.807) is 4.90 Å². The van der Waals surface area contributed by atoms with Crippen LogP contribution in [0.3, 0.4) is 0 Å². The molecule has 1 N–H and O–H groups in total. The van der Waals surface area contributed by atoms with Gasteiger partial charge in [0.25, 0.3) is 0 Å². The van der Waals surface area contributed by atoms with Gasteiger partial charge in [-0.25, -0.2) is 13.6 Å². The van der Waals surface area contributed by atoms with Gasteiger partial charge < -0.3 is 15.0 Å². The van der Waals surface area contributed by atoms with E-state index in [9.17, 15) is 13.6 Å². The highest BCUT2D eigenvalue weighted by molar-refractivity contribution is 5.68. The minimum absolute atomic E-state index is 0.0408. The molecule has 1 unspecified atom stereocenters. The number of hydrogen-bond donors (Lipinski definition) is 1. The Morgan fingerprint density at radius 1 is 1.37 bits per heavy atom. The van der Waals surface area contributed by atoms with Crippen LogP contribution in [0.5, 0.6) is 0 Å². The summed E-state index contributed by atoms with van der Waals surface area (Å²) in [5.41, 5.74) is -0.527. The second kappa shape index (κ2) is 4.89. The van der Waals surface area contributed by atoms with Gasteiger partial charge in [-0.05, 0) is 26.7 Å². The van der Waals surface area contributed by atoms with Crippen molar-refractivity contribution in [2.24, 2.45) is 5.92 Å². The fraction of sp³-hybridized carbons (Fsp3) is 0.923. The van der Waals surface area contributed by atoms with Crippen molar-refractivity contribution in [2.75, 3.05) is 19.6 Å². The molecule has 0 spiro atoms. The van der Waals surface area contributed by atoms with Gasteiger partial charge in [0, 0.05) is 38.5 Å². The standard InChI is InChI=1S/C13H22F2N2O2/c1-12(2,3)19-11(18)17-5-4-16-10(8-17)9-6-13(14,15)7-9/h9-10,16H,4-8H2,1-3H3. The molecule has 1 aliphatic heterocycles. The maximum Gasteiger partial charge on any atom is 0.410 e. The molecule has 1 saturated heterocycles. The number of carbonyl (C=O) groups is 1.